The van der Waals surface area contributed by atoms with Crippen molar-refractivity contribution in [2.75, 3.05) is 5.32 Å². The summed E-state index contributed by atoms with van der Waals surface area (Å²) in [6.45, 7) is 0. The van der Waals surface area contributed by atoms with Crippen LogP contribution in [0.5, 0.6) is 0 Å². The molecule has 1 saturated carbocycles. The van der Waals surface area contributed by atoms with Gasteiger partial charge in [0.05, 0.1) is 5.69 Å². The summed E-state index contributed by atoms with van der Waals surface area (Å²) < 4.78 is 0.782. The number of rotatable bonds is 3. The molecule has 2 rings (SSSR count). The Morgan fingerprint density at radius 1 is 1.16 bits per heavy atom. The number of anilines is 1. The van der Waals surface area contributed by atoms with E-state index in [9.17, 15) is 14.7 Å². The summed E-state index contributed by atoms with van der Waals surface area (Å²) in [6.07, 6.45) is 2.86. The van der Waals surface area contributed by atoms with Crippen LogP contribution in [0.15, 0.2) is 28.7 Å². The predicted molar refractivity (Wildman–Crippen MR) is 73.2 cm³/mol. The molecule has 0 aromatic heterocycles. The number of benzene rings is 1. The van der Waals surface area contributed by atoms with Gasteiger partial charge in [0.25, 0.3) is 0 Å². The molecule has 0 heterocycles. The van der Waals surface area contributed by atoms with E-state index in [-0.39, 0.29) is 5.91 Å². The third-order valence-corrected chi connectivity index (χ3v) is 4.23. The molecular formula is C14H15BrNO3-. The van der Waals surface area contributed by atoms with Gasteiger partial charge in [-0.1, -0.05) is 25.0 Å². The Labute approximate surface area is 120 Å². The maximum Gasteiger partial charge on any atom is 0.228 e. The van der Waals surface area contributed by atoms with Gasteiger partial charge in [0.2, 0.25) is 5.91 Å². The van der Waals surface area contributed by atoms with E-state index in [1.54, 1.807) is 6.07 Å². The largest absolute Gasteiger partial charge is 0.550 e. The molecule has 1 N–H and O–H groups in total. The van der Waals surface area contributed by atoms with Crippen molar-refractivity contribution in [3.63, 3.8) is 0 Å². The van der Waals surface area contributed by atoms with Gasteiger partial charge in [-0.05, 0) is 40.9 Å². The van der Waals surface area contributed by atoms with Crippen LogP contribution in [0.4, 0.5) is 5.69 Å². The minimum atomic E-state index is -1.12. The number of amides is 1. The van der Waals surface area contributed by atoms with E-state index < -0.39 is 17.8 Å². The Hall–Kier alpha value is -1.36. The van der Waals surface area contributed by atoms with Crippen LogP contribution in [0.1, 0.15) is 25.7 Å². The van der Waals surface area contributed by atoms with Crippen molar-refractivity contribution in [1.29, 1.82) is 0 Å². The molecule has 0 unspecified atom stereocenters. The molecule has 1 aromatic rings. The zero-order valence-corrected chi connectivity index (χ0v) is 12.0. The van der Waals surface area contributed by atoms with Gasteiger partial charge in [-0.2, -0.15) is 0 Å². The minimum absolute atomic E-state index is 0.235. The van der Waals surface area contributed by atoms with Crippen LogP contribution in [-0.2, 0) is 9.59 Å². The average Bonchev–Trinajstić information content (AvgIpc) is 2.41. The van der Waals surface area contributed by atoms with E-state index in [2.05, 4.69) is 21.2 Å². The molecule has 5 heteroatoms. The first kappa shape index (κ1) is 14.1. The van der Waals surface area contributed by atoms with E-state index in [0.29, 0.717) is 18.5 Å². The predicted octanol–water partition coefficient (Wildman–Crippen LogP) is 1.94. The quantitative estimate of drug-likeness (QED) is 0.923. The number of carboxylic acid groups (broad SMARTS) is 1. The molecule has 1 aliphatic rings. The second kappa shape index (κ2) is 6.19. The molecule has 2 atom stereocenters. The first-order valence-electron chi connectivity index (χ1n) is 6.36. The highest BCUT2D eigenvalue weighted by Gasteiger charge is 2.31. The Balaban J connectivity index is 2.10. The van der Waals surface area contributed by atoms with Gasteiger partial charge in [0, 0.05) is 22.3 Å². The fourth-order valence-corrected chi connectivity index (χ4v) is 2.90. The van der Waals surface area contributed by atoms with Gasteiger partial charge in [-0.3, -0.25) is 4.79 Å². The number of aliphatic carboxylic acids is 1. The highest BCUT2D eigenvalue weighted by molar-refractivity contribution is 9.10. The van der Waals surface area contributed by atoms with Crippen LogP contribution >= 0.6 is 15.9 Å². The lowest BCUT2D eigenvalue weighted by molar-refractivity contribution is -0.313. The van der Waals surface area contributed by atoms with Crippen molar-refractivity contribution in [3.8, 4) is 0 Å². The molecule has 19 heavy (non-hydrogen) atoms. The highest BCUT2D eigenvalue weighted by Crippen LogP contribution is 2.31. The average molecular weight is 325 g/mol. The molecule has 1 aromatic carbocycles. The summed E-state index contributed by atoms with van der Waals surface area (Å²) in [6, 6.07) is 7.27. The third-order valence-electron chi connectivity index (χ3n) is 3.54. The molecule has 102 valence electrons. The smallest absolute Gasteiger partial charge is 0.228 e. The molecule has 0 spiro atoms. The summed E-state index contributed by atoms with van der Waals surface area (Å²) >= 11 is 3.35. The summed E-state index contributed by atoms with van der Waals surface area (Å²) in [5, 5.41) is 13.9. The van der Waals surface area contributed by atoms with E-state index in [1.165, 1.54) is 0 Å². The van der Waals surface area contributed by atoms with Crippen molar-refractivity contribution < 1.29 is 14.7 Å². The van der Waals surface area contributed by atoms with Gasteiger partial charge in [0.15, 0.2) is 0 Å². The summed E-state index contributed by atoms with van der Waals surface area (Å²) in [7, 11) is 0. The van der Waals surface area contributed by atoms with Gasteiger partial charge >= 0.3 is 0 Å². The van der Waals surface area contributed by atoms with E-state index in [0.717, 1.165) is 17.3 Å². The number of carboxylic acids is 1. The van der Waals surface area contributed by atoms with Crippen molar-refractivity contribution >= 4 is 33.5 Å². The van der Waals surface area contributed by atoms with E-state index in [1.807, 2.05) is 18.2 Å². The Morgan fingerprint density at radius 2 is 1.79 bits per heavy atom. The van der Waals surface area contributed by atoms with Crippen molar-refractivity contribution in [2.24, 2.45) is 11.8 Å². The minimum Gasteiger partial charge on any atom is -0.550 e. The fraction of sp³-hybridized carbons (Fsp3) is 0.429. The lowest BCUT2D eigenvalue weighted by Crippen LogP contribution is -2.42. The van der Waals surface area contributed by atoms with Crippen LogP contribution in [0, 0.1) is 11.8 Å². The van der Waals surface area contributed by atoms with Crippen molar-refractivity contribution in [2.45, 2.75) is 25.7 Å². The number of nitrogens with one attached hydrogen (secondary N) is 1. The molecule has 0 bridgehead atoms. The Morgan fingerprint density at radius 3 is 2.42 bits per heavy atom. The Kier molecular flexibility index (Phi) is 4.58. The maximum absolute atomic E-state index is 12.2. The third kappa shape index (κ3) is 3.35. The standard InChI is InChI=1S/C14H16BrNO3/c15-11-7-3-4-8-12(11)16-13(17)9-5-1-2-6-10(9)14(18)19/h3-4,7-10H,1-2,5-6H2,(H,16,17)(H,18,19)/p-1/t9-,10-/m0/s1. The first-order chi connectivity index (χ1) is 9.09. The maximum atomic E-state index is 12.2. The summed E-state index contributed by atoms with van der Waals surface area (Å²) in [4.78, 5) is 23.3. The van der Waals surface area contributed by atoms with Gasteiger partial charge < -0.3 is 15.2 Å². The zero-order chi connectivity index (χ0) is 13.8. The number of hydrogen-bond donors (Lipinski definition) is 1. The molecular weight excluding hydrogens is 310 g/mol. The number of carbonyl (C=O) groups is 2. The monoisotopic (exact) mass is 324 g/mol. The first-order valence-corrected chi connectivity index (χ1v) is 7.15. The second-order valence-corrected chi connectivity index (χ2v) is 5.64. The van der Waals surface area contributed by atoms with Crippen LogP contribution in [0.3, 0.4) is 0 Å². The molecule has 0 saturated heterocycles. The van der Waals surface area contributed by atoms with E-state index in [4.69, 9.17) is 0 Å². The van der Waals surface area contributed by atoms with Crippen LogP contribution in [0.25, 0.3) is 0 Å². The Bertz CT molecular complexity index is 489. The van der Waals surface area contributed by atoms with Crippen LogP contribution < -0.4 is 10.4 Å². The van der Waals surface area contributed by atoms with Crippen molar-refractivity contribution in [3.05, 3.63) is 28.7 Å². The summed E-state index contributed by atoms with van der Waals surface area (Å²) in [5.74, 6) is -2.52. The van der Waals surface area contributed by atoms with Gasteiger partial charge in [0.1, 0.15) is 0 Å². The lowest BCUT2D eigenvalue weighted by atomic mass is 9.78. The topological polar surface area (TPSA) is 69.2 Å². The number of para-hydroxylation sites is 1. The van der Waals surface area contributed by atoms with Gasteiger partial charge in [-0.25, -0.2) is 0 Å². The second-order valence-electron chi connectivity index (χ2n) is 4.79. The SMILES string of the molecule is O=C([O-])[C@H]1CCCC[C@@H]1C(=O)Nc1ccccc1Br. The number of carbonyl (C=O) groups excluding carboxylic acids is 2. The van der Waals surface area contributed by atoms with Gasteiger partial charge in [-0.15, -0.1) is 0 Å². The molecule has 0 aliphatic heterocycles. The normalized spacial score (nSPS) is 22.8. The highest BCUT2D eigenvalue weighted by atomic mass is 79.9. The molecule has 1 aliphatic carbocycles. The van der Waals surface area contributed by atoms with Crippen molar-refractivity contribution in [1.82, 2.24) is 0 Å². The van der Waals surface area contributed by atoms with Crippen LogP contribution in [0.2, 0.25) is 0 Å². The number of hydrogen-bond acceptors (Lipinski definition) is 3. The van der Waals surface area contributed by atoms with E-state index >= 15 is 0 Å². The van der Waals surface area contributed by atoms with Crippen LogP contribution in [-0.4, -0.2) is 11.9 Å². The fourth-order valence-electron chi connectivity index (χ4n) is 2.51. The number of halogens is 1. The summed E-state index contributed by atoms with van der Waals surface area (Å²) in [5.41, 5.74) is 0.662. The molecule has 1 amide bonds. The molecule has 1 fully saturated rings. The zero-order valence-electron chi connectivity index (χ0n) is 10.4. The molecule has 4 nitrogen and oxygen atoms in total. The lowest BCUT2D eigenvalue weighted by Gasteiger charge is -2.31. The molecule has 0 radical (unpaired) electrons.